The van der Waals surface area contributed by atoms with E-state index in [1.165, 1.54) is 0 Å². The van der Waals surface area contributed by atoms with Gasteiger partial charge in [-0.05, 0) is 24.6 Å². The summed E-state index contributed by atoms with van der Waals surface area (Å²) in [5.74, 6) is -0.489. The van der Waals surface area contributed by atoms with Crippen LogP contribution in [0, 0.1) is 6.92 Å². The first-order valence-electron chi connectivity index (χ1n) is 6.53. The summed E-state index contributed by atoms with van der Waals surface area (Å²) < 4.78 is 17.0. The molecule has 2 amide bonds. The highest BCUT2D eigenvalue weighted by Crippen LogP contribution is 2.25. The molecule has 0 saturated carbocycles. The largest absolute Gasteiger partial charge is 0.462 e. The van der Waals surface area contributed by atoms with Gasteiger partial charge in [0.25, 0.3) is 0 Å². The van der Waals surface area contributed by atoms with Gasteiger partial charge in [-0.3, -0.25) is 9.29 Å². The Morgan fingerprint density at radius 3 is 2.95 bits per heavy atom. The molecule has 5 nitrogen and oxygen atoms in total. The van der Waals surface area contributed by atoms with Crippen LogP contribution in [0.2, 0.25) is 0 Å². The maximum absolute atomic E-state index is 12.0. The van der Waals surface area contributed by atoms with E-state index in [4.69, 9.17) is 4.74 Å². The van der Waals surface area contributed by atoms with E-state index in [-0.39, 0.29) is 19.1 Å². The summed E-state index contributed by atoms with van der Waals surface area (Å²) in [4.78, 5) is 25.2. The molecule has 1 aromatic carbocycles. The van der Waals surface area contributed by atoms with E-state index in [1.807, 2.05) is 0 Å². The van der Waals surface area contributed by atoms with E-state index in [9.17, 15) is 14.0 Å². The monoisotopic (exact) mass is 280 g/mol. The van der Waals surface area contributed by atoms with Crippen molar-refractivity contribution < 1.29 is 18.7 Å². The molecule has 0 unspecified atom stereocenters. The SMILES string of the molecule is Cc1c(C(=O)OCCCF)cccc1N1CCNC1=O. The molecule has 0 radical (unpaired) electrons. The molecule has 0 spiro atoms. The molecular formula is C14H17FN2O3. The van der Waals surface area contributed by atoms with Crippen molar-refractivity contribution in [2.45, 2.75) is 13.3 Å². The number of carbonyl (C=O) groups excluding carboxylic acids is 2. The zero-order valence-corrected chi connectivity index (χ0v) is 11.3. The van der Waals surface area contributed by atoms with E-state index in [0.29, 0.717) is 29.9 Å². The van der Waals surface area contributed by atoms with E-state index in [1.54, 1.807) is 30.0 Å². The van der Waals surface area contributed by atoms with Gasteiger partial charge in [-0.1, -0.05) is 6.07 Å². The Hall–Kier alpha value is -2.11. The number of benzene rings is 1. The zero-order chi connectivity index (χ0) is 14.5. The Balaban J connectivity index is 2.18. The highest BCUT2D eigenvalue weighted by molar-refractivity contribution is 5.98. The van der Waals surface area contributed by atoms with Gasteiger partial charge in [0.2, 0.25) is 0 Å². The number of ether oxygens (including phenoxy) is 1. The molecule has 1 aromatic rings. The second kappa shape index (κ2) is 6.36. The lowest BCUT2D eigenvalue weighted by molar-refractivity contribution is 0.0493. The van der Waals surface area contributed by atoms with Crippen molar-refractivity contribution in [1.29, 1.82) is 0 Å². The number of anilines is 1. The Kier molecular flexibility index (Phi) is 4.55. The molecule has 20 heavy (non-hydrogen) atoms. The number of nitrogens with one attached hydrogen (secondary N) is 1. The molecule has 0 aliphatic carbocycles. The van der Waals surface area contributed by atoms with Crippen molar-refractivity contribution in [3.05, 3.63) is 29.3 Å². The summed E-state index contributed by atoms with van der Waals surface area (Å²) >= 11 is 0. The number of hydrogen-bond acceptors (Lipinski definition) is 3. The second-order valence-electron chi connectivity index (χ2n) is 4.51. The van der Waals surface area contributed by atoms with Crippen LogP contribution in [-0.2, 0) is 4.74 Å². The van der Waals surface area contributed by atoms with Gasteiger partial charge in [0.05, 0.1) is 18.8 Å². The molecule has 1 heterocycles. The summed E-state index contributed by atoms with van der Waals surface area (Å²) in [6.45, 7) is 2.47. The summed E-state index contributed by atoms with van der Waals surface area (Å²) in [5.41, 5.74) is 1.79. The lowest BCUT2D eigenvalue weighted by Crippen LogP contribution is -2.28. The second-order valence-corrected chi connectivity index (χ2v) is 4.51. The first-order chi connectivity index (χ1) is 9.65. The highest BCUT2D eigenvalue weighted by atomic mass is 19.1. The van der Waals surface area contributed by atoms with Crippen molar-refractivity contribution in [3.8, 4) is 0 Å². The first kappa shape index (κ1) is 14.3. The lowest BCUT2D eigenvalue weighted by atomic mass is 10.1. The predicted octanol–water partition coefficient (Wildman–Crippen LogP) is 2.04. The van der Waals surface area contributed by atoms with Gasteiger partial charge in [-0.15, -0.1) is 0 Å². The van der Waals surface area contributed by atoms with Crippen molar-refractivity contribution in [2.75, 3.05) is 31.3 Å². The Bertz CT molecular complexity index is 519. The average molecular weight is 280 g/mol. The van der Waals surface area contributed by atoms with Crippen LogP contribution >= 0.6 is 0 Å². The fraction of sp³-hybridized carbons (Fsp3) is 0.429. The predicted molar refractivity (Wildman–Crippen MR) is 72.8 cm³/mol. The van der Waals surface area contributed by atoms with Crippen LogP contribution in [0.5, 0.6) is 0 Å². The number of carbonyl (C=O) groups is 2. The van der Waals surface area contributed by atoms with Crippen molar-refractivity contribution in [1.82, 2.24) is 5.32 Å². The number of alkyl halides is 1. The molecule has 1 fully saturated rings. The fourth-order valence-electron chi connectivity index (χ4n) is 2.14. The van der Waals surface area contributed by atoms with Gasteiger partial charge in [0.15, 0.2) is 0 Å². The van der Waals surface area contributed by atoms with Gasteiger partial charge >= 0.3 is 12.0 Å². The quantitative estimate of drug-likeness (QED) is 0.663. The number of esters is 1. The van der Waals surface area contributed by atoms with Crippen LogP contribution < -0.4 is 10.2 Å². The topological polar surface area (TPSA) is 58.6 Å². The Labute approximate surface area is 116 Å². The van der Waals surface area contributed by atoms with Crippen molar-refractivity contribution in [2.24, 2.45) is 0 Å². The third-order valence-electron chi connectivity index (χ3n) is 3.18. The molecule has 0 atom stereocenters. The summed E-state index contributed by atoms with van der Waals surface area (Å²) in [6, 6.07) is 4.97. The highest BCUT2D eigenvalue weighted by Gasteiger charge is 2.24. The van der Waals surface area contributed by atoms with Crippen LogP contribution in [0.1, 0.15) is 22.3 Å². The fourth-order valence-corrected chi connectivity index (χ4v) is 2.14. The maximum atomic E-state index is 12.0. The molecule has 6 heteroatoms. The molecule has 108 valence electrons. The molecule has 1 saturated heterocycles. The van der Waals surface area contributed by atoms with Gasteiger partial charge < -0.3 is 10.1 Å². The summed E-state index contributed by atoms with van der Waals surface area (Å²) in [6.07, 6.45) is 0.193. The van der Waals surface area contributed by atoms with E-state index in [0.717, 1.165) is 0 Å². The third kappa shape index (κ3) is 2.89. The van der Waals surface area contributed by atoms with Crippen LogP contribution in [0.15, 0.2) is 18.2 Å². The van der Waals surface area contributed by atoms with Gasteiger partial charge in [0, 0.05) is 25.2 Å². The third-order valence-corrected chi connectivity index (χ3v) is 3.18. The minimum Gasteiger partial charge on any atom is -0.462 e. The lowest BCUT2D eigenvalue weighted by Gasteiger charge is -2.18. The van der Waals surface area contributed by atoms with Crippen LogP contribution in [0.25, 0.3) is 0 Å². The first-order valence-corrected chi connectivity index (χ1v) is 6.53. The van der Waals surface area contributed by atoms with E-state index in [2.05, 4.69) is 5.32 Å². The number of urea groups is 1. The van der Waals surface area contributed by atoms with E-state index >= 15 is 0 Å². The van der Waals surface area contributed by atoms with Crippen LogP contribution in [-0.4, -0.2) is 38.4 Å². The average Bonchev–Trinajstić information content (AvgIpc) is 2.85. The smallest absolute Gasteiger partial charge is 0.338 e. The minimum absolute atomic E-state index is 0.0587. The van der Waals surface area contributed by atoms with Gasteiger partial charge in [0.1, 0.15) is 0 Å². The standard InChI is InChI=1S/C14H17FN2O3/c1-10-11(13(18)20-9-3-6-15)4-2-5-12(10)17-8-7-16-14(17)19/h2,4-5H,3,6-9H2,1H3,(H,16,19). The van der Waals surface area contributed by atoms with Crippen molar-refractivity contribution in [3.63, 3.8) is 0 Å². The molecule has 2 rings (SSSR count). The summed E-state index contributed by atoms with van der Waals surface area (Å²) in [5, 5.41) is 2.72. The zero-order valence-electron chi connectivity index (χ0n) is 11.3. The molecule has 0 bridgehead atoms. The molecule has 1 N–H and O–H groups in total. The number of amides is 2. The molecule has 1 aliphatic rings. The Morgan fingerprint density at radius 1 is 1.50 bits per heavy atom. The summed E-state index contributed by atoms with van der Waals surface area (Å²) in [7, 11) is 0. The molecule has 0 aromatic heterocycles. The minimum atomic E-state index is -0.514. The van der Waals surface area contributed by atoms with Gasteiger partial charge in [-0.2, -0.15) is 0 Å². The number of hydrogen-bond donors (Lipinski definition) is 1. The van der Waals surface area contributed by atoms with Crippen LogP contribution in [0.3, 0.4) is 0 Å². The van der Waals surface area contributed by atoms with Crippen molar-refractivity contribution >= 4 is 17.7 Å². The molecular weight excluding hydrogens is 263 g/mol. The maximum Gasteiger partial charge on any atom is 0.338 e. The number of rotatable bonds is 5. The number of halogens is 1. The van der Waals surface area contributed by atoms with E-state index < -0.39 is 12.6 Å². The normalized spacial score (nSPS) is 14.3. The number of nitrogens with zero attached hydrogens (tertiary/aromatic N) is 1. The van der Waals surface area contributed by atoms with Gasteiger partial charge in [-0.25, -0.2) is 9.59 Å². The molecule has 1 aliphatic heterocycles. The van der Waals surface area contributed by atoms with Crippen LogP contribution in [0.4, 0.5) is 14.9 Å². The Morgan fingerprint density at radius 2 is 2.30 bits per heavy atom.